The minimum absolute atomic E-state index is 0.359. The van der Waals surface area contributed by atoms with E-state index in [2.05, 4.69) is 88.0 Å². The van der Waals surface area contributed by atoms with Gasteiger partial charge in [-0.2, -0.15) is 0 Å². The zero-order valence-electron chi connectivity index (χ0n) is 19.5. The lowest BCUT2D eigenvalue weighted by Gasteiger charge is -2.17. The van der Waals surface area contributed by atoms with Crippen LogP contribution in [0.4, 0.5) is 11.4 Å². The van der Waals surface area contributed by atoms with Gasteiger partial charge in [-0.3, -0.25) is 0 Å². The van der Waals surface area contributed by atoms with E-state index >= 15 is 0 Å². The molecule has 0 aliphatic carbocycles. The van der Waals surface area contributed by atoms with Crippen molar-refractivity contribution in [2.24, 2.45) is 4.99 Å². The minimum Gasteiger partial charge on any atom is -0.333 e. The zero-order chi connectivity index (χ0) is 23.1. The lowest BCUT2D eigenvalue weighted by atomic mass is 9.93. The number of aryl methyl sites for hydroxylation is 1. The molecule has 0 amide bonds. The second kappa shape index (κ2) is 10.5. The minimum atomic E-state index is 0.359. The van der Waals surface area contributed by atoms with Crippen LogP contribution in [0.25, 0.3) is 0 Å². The van der Waals surface area contributed by atoms with Crippen LogP contribution in [0.1, 0.15) is 67.3 Å². The topological polar surface area (TPSA) is 24.4 Å². The molecule has 3 rings (SSSR count). The Kier molecular flexibility index (Phi) is 7.54. The van der Waals surface area contributed by atoms with E-state index in [1.165, 1.54) is 16.7 Å². The molecule has 0 aliphatic heterocycles. The van der Waals surface area contributed by atoms with Gasteiger partial charge in [-0.25, -0.2) is 4.99 Å². The van der Waals surface area contributed by atoms with Crippen molar-refractivity contribution in [3.8, 4) is 24.2 Å². The maximum absolute atomic E-state index is 5.47. The first-order valence-electron chi connectivity index (χ1n) is 11.0. The number of para-hydroxylation sites is 1. The molecule has 0 saturated carbocycles. The fraction of sp³-hybridized carbons (Fsp3) is 0.233. The van der Waals surface area contributed by atoms with Gasteiger partial charge in [0.25, 0.3) is 0 Å². The predicted molar refractivity (Wildman–Crippen MR) is 138 cm³/mol. The maximum Gasteiger partial charge on any atom is 0.183 e. The Bertz CT molecular complexity index is 1170. The second-order valence-electron chi connectivity index (χ2n) is 8.52. The molecule has 0 atom stereocenters. The van der Waals surface area contributed by atoms with Gasteiger partial charge < -0.3 is 5.32 Å². The second-order valence-corrected chi connectivity index (χ2v) is 8.52. The molecular formula is C30H30N2. The molecule has 32 heavy (non-hydrogen) atoms. The number of nitrogens with one attached hydrogen (secondary N) is 1. The highest BCUT2D eigenvalue weighted by atomic mass is 15.0. The standard InChI is InChI=1S/C30H30N2/c1-7-24-13-15-25(16-14-24)17-20-29(31-26-18-11-23(6)12-19-26)32-30-27(21(2)3)9-8-10-28(30)22(4)5/h1,8-16,18-19,21-22H,2-6H3,(H,31,32). The first-order chi connectivity index (χ1) is 15.4. The van der Waals surface area contributed by atoms with Gasteiger partial charge in [-0.05, 0) is 72.2 Å². The van der Waals surface area contributed by atoms with Gasteiger partial charge in [0.15, 0.2) is 5.84 Å². The van der Waals surface area contributed by atoms with E-state index < -0.39 is 0 Å². The summed E-state index contributed by atoms with van der Waals surface area (Å²) >= 11 is 0. The number of hydrogen-bond acceptors (Lipinski definition) is 1. The number of benzene rings is 3. The van der Waals surface area contributed by atoms with Crippen LogP contribution in [0.5, 0.6) is 0 Å². The molecule has 3 aromatic carbocycles. The Morgan fingerprint density at radius 3 is 1.91 bits per heavy atom. The molecule has 0 aromatic heterocycles. The van der Waals surface area contributed by atoms with E-state index in [0.29, 0.717) is 17.7 Å². The number of nitrogens with zero attached hydrogens (tertiary/aromatic N) is 1. The SMILES string of the molecule is C#Cc1ccc(C#CC(=Nc2c(C(C)C)cccc2C(C)C)Nc2ccc(C)cc2)cc1. The lowest BCUT2D eigenvalue weighted by molar-refractivity contribution is 0.835. The highest BCUT2D eigenvalue weighted by Gasteiger charge is 2.14. The molecule has 0 heterocycles. The molecule has 1 N–H and O–H groups in total. The van der Waals surface area contributed by atoms with Crippen molar-refractivity contribution in [3.63, 3.8) is 0 Å². The Hall–Kier alpha value is -3.75. The summed E-state index contributed by atoms with van der Waals surface area (Å²) in [6, 6.07) is 22.4. The van der Waals surface area contributed by atoms with Crippen LogP contribution in [0.3, 0.4) is 0 Å². The van der Waals surface area contributed by atoms with Gasteiger partial charge in [0.05, 0.1) is 5.69 Å². The molecule has 0 saturated heterocycles. The third-order valence-electron chi connectivity index (χ3n) is 5.26. The van der Waals surface area contributed by atoms with E-state index in [9.17, 15) is 0 Å². The monoisotopic (exact) mass is 418 g/mol. The Morgan fingerprint density at radius 1 is 0.812 bits per heavy atom. The van der Waals surface area contributed by atoms with Crippen molar-refractivity contribution in [1.82, 2.24) is 0 Å². The Morgan fingerprint density at radius 2 is 1.38 bits per heavy atom. The van der Waals surface area contributed by atoms with Crippen LogP contribution in [0, 0.1) is 31.1 Å². The summed E-state index contributed by atoms with van der Waals surface area (Å²) in [5.41, 5.74) is 7.35. The number of anilines is 1. The number of aliphatic imine (C=N–C) groups is 1. The summed E-state index contributed by atoms with van der Waals surface area (Å²) in [4.78, 5) is 5.07. The normalized spacial score (nSPS) is 11.1. The molecule has 0 bridgehead atoms. The average molecular weight is 419 g/mol. The number of rotatable bonds is 4. The Labute approximate surface area is 192 Å². The molecule has 3 aromatic rings. The fourth-order valence-corrected chi connectivity index (χ4v) is 3.39. The van der Waals surface area contributed by atoms with E-state index in [1.54, 1.807) is 0 Å². The van der Waals surface area contributed by atoms with Crippen molar-refractivity contribution in [3.05, 3.63) is 94.5 Å². The van der Waals surface area contributed by atoms with Crippen LogP contribution < -0.4 is 5.32 Å². The molecular weight excluding hydrogens is 388 g/mol. The molecule has 0 aliphatic rings. The van der Waals surface area contributed by atoms with E-state index in [4.69, 9.17) is 11.4 Å². The molecule has 2 nitrogen and oxygen atoms in total. The van der Waals surface area contributed by atoms with E-state index in [1.807, 2.05) is 36.4 Å². The lowest BCUT2D eigenvalue weighted by Crippen LogP contribution is -2.10. The first kappa shape index (κ1) is 22.9. The van der Waals surface area contributed by atoms with E-state index in [-0.39, 0.29) is 0 Å². The molecule has 0 radical (unpaired) electrons. The third kappa shape index (κ3) is 5.90. The molecule has 0 fully saturated rings. The summed E-state index contributed by atoms with van der Waals surface area (Å²) in [7, 11) is 0. The summed E-state index contributed by atoms with van der Waals surface area (Å²) in [5.74, 6) is 10.5. The van der Waals surface area contributed by atoms with Gasteiger partial charge in [0, 0.05) is 16.8 Å². The molecule has 2 heteroatoms. The van der Waals surface area contributed by atoms with Crippen molar-refractivity contribution >= 4 is 17.2 Å². The average Bonchev–Trinajstić information content (AvgIpc) is 2.79. The third-order valence-corrected chi connectivity index (χ3v) is 5.26. The van der Waals surface area contributed by atoms with Gasteiger partial charge in [-0.15, -0.1) is 6.42 Å². The van der Waals surface area contributed by atoms with Crippen LogP contribution in [0.2, 0.25) is 0 Å². The molecule has 160 valence electrons. The largest absolute Gasteiger partial charge is 0.333 e. The molecule has 0 unspecified atom stereocenters. The van der Waals surface area contributed by atoms with Gasteiger partial charge >= 0.3 is 0 Å². The highest BCUT2D eigenvalue weighted by molar-refractivity contribution is 6.10. The zero-order valence-corrected chi connectivity index (χ0v) is 19.5. The predicted octanol–water partition coefficient (Wildman–Crippen LogP) is 7.42. The summed E-state index contributed by atoms with van der Waals surface area (Å²) < 4.78 is 0. The van der Waals surface area contributed by atoms with Crippen LogP contribution in [-0.2, 0) is 0 Å². The van der Waals surface area contributed by atoms with Crippen LogP contribution in [0.15, 0.2) is 71.7 Å². The van der Waals surface area contributed by atoms with Gasteiger partial charge in [0.2, 0.25) is 0 Å². The summed E-state index contributed by atoms with van der Waals surface area (Å²) in [6.45, 7) is 10.9. The highest BCUT2D eigenvalue weighted by Crippen LogP contribution is 2.34. The quantitative estimate of drug-likeness (QED) is 0.266. The van der Waals surface area contributed by atoms with Gasteiger partial charge in [-0.1, -0.05) is 75.4 Å². The van der Waals surface area contributed by atoms with E-state index in [0.717, 1.165) is 22.5 Å². The smallest absolute Gasteiger partial charge is 0.183 e. The van der Waals surface area contributed by atoms with Crippen molar-refractivity contribution in [1.29, 1.82) is 0 Å². The first-order valence-corrected chi connectivity index (χ1v) is 11.0. The van der Waals surface area contributed by atoms with Crippen LogP contribution >= 0.6 is 0 Å². The summed E-state index contributed by atoms with van der Waals surface area (Å²) in [6.07, 6.45) is 5.47. The fourth-order valence-electron chi connectivity index (χ4n) is 3.39. The van der Waals surface area contributed by atoms with Gasteiger partial charge in [0.1, 0.15) is 0 Å². The Balaban J connectivity index is 2.10. The van der Waals surface area contributed by atoms with Crippen molar-refractivity contribution in [2.75, 3.05) is 5.32 Å². The van der Waals surface area contributed by atoms with Crippen molar-refractivity contribution < 1.29 is 0 Å². The maximum atomic E-state index is 5.47. The number of amidine groups is 1. The molecule has 0 spiro atoms. The summed E-state index contributed by atoms with van der Waals surface area (Å²) in [5, 5.41) is 3.42. The number of hydrogen-bond donors (Lipinski definition) is 1. The van der Waals surface area contributed by atoms with Crippen LogP contribution in [-0.4, -0.2) is 5.84 Å². The van der Waals surface area contributed by atoms with Crippen molar-refractivity contribution in [2.45, 2.75) is 46.5 Å². The number of terminal acetylenes is 1.